The maximum atomic E-state index is 13.0. The molecule has 0 aromatic heterocycles. The molecule has 36 heavy (non-hydrogen) atoms. The topological polar surface area (TPSA) is 63.2 Å². The van der Waals surface area contributed by atoms with Crippen molar-refractivity contribution < 1.29 is 28.8 Å². The van der Waals surface area contributed by atoms with Gasteiger partial charge in [0.15, 0.2) is 22.7 Å². The second kappa shape index (κ2) is 15.1. The molecule has 1 unspecified atom stereocenters. The monoisotopic (exact) mass is 504 g/mol. The van der Waals surface area contributed by atoms with Gasteiger partial charge in [-0.05, 0) is 58.6 Å². The molecule has 1 aromatic carbocycles. The maximum absolute atomic E-state index is 13.0. The lowest BCUT2D eigenvalue weighted by molar-refractivity contribution is -0.389. The lowest BCUT2D eigenvalue weighted by atomic mass is 9.89. The van der Waals surface area contributed by atoms with Crippen molar-refractivity contribution in [1.82, 2.24) is 0 Å². The molecule has 0 N–H and O–H groups in total. The standard InChI is InChI=1S/C30H48O6/c1-10-13-14-15-16-17-27(31)34-30(12-3,24-18-19-25(32-8)26(23-24)33-9)22-21-29(6,7)36-35-28(4,5)20-11-2/h18-19,23H,10-17,20H2,1-9H3. The summed E-state index contributed by atoms with van der Waals surface area (Å²) >= 11 is 0. The van der Waals surface area contributed by atoms with Crippen molar-refractivity contribution in [3.05, 3.63) is 23.8 Å². The van der Waals surface area contributed by atoms with Crippen molar-refractivity contribution in [2.24, 2.45) is 0 Å². The van der Waals surface area contributed by atoms with Gasteiger partial charge in [-0.3, -0.25) is 4.79 Å². The SMILES string of the molecule is CCCCCCCC(=O)OC(C#CC(C)(C)OOC(C)(C)CCC)(CC)c1ccc(OC)c(OC)c1. The Balaban J connectivity index is 3.28. The molecule has 0 amide bonds. The van der Waals surface area contributed by atoms with Crippen LogP contribution in [0.2, 0.25) is 0 Å². The Labute approximate surface area is 219 Å². The molecule has 1 atom stereocenters. The zero-order valence-electron chi connectivity index (χ0n) is 24.0. The fraction of sp³-hybridized carbons (Fsp3) is 0.700. The smallest absolute Gasteiger partial charge is 0.307 e. The summed E-state index contributed by atoms with van der Waals surface area (Å²) in [7, 11) is 3.17. The first-order chi connectivity index (χ1) is 17.0. The third-order valence-corrected chi connectivity index (χ3v) is 6.01. The highest BCUT2D eigenvalue weighted by atomic mass is 17.2. The minimum absolute atomic E-state index is 0.267. The molecule has 0 spiro atoms. The van der Waals surface area contributed by atoms with Gasteiger partial charge in [0.25, 0.3) is 0 Å². The Morgan fingerprint density at radius 3 is 2.08 bits per heavy atom. The summed E-state index contributed by atoms with van der Waals surface area (Å²) < 4.78 is 17.0. The maximum Gasteiger partial charge on any atom is 0.307 e. The van der Waals surface area contributed by atoms with Gasteiger partial charge < -0.3 is 14.2 Å². The quantitative estimate of drug-likeness (QED) is 0.0762. The summed E-state index contributed by atoms with van der Waals surface area (Å²) in [5, 5.41) is 0. The average molecular weight is 505 g/mol. The van der Waals surface area contributed by atoms with Gasteiger partial charge >= 0.3 is 5.97 Å². The van der Waals surface area contributed by atoms with Gasteiger partial charge in [-0.1, -0.05) is 64.9 Å². The molecule has 1 aromatic rings. The third-order valence-electron chi connectivity index (χ3n) is 6.01. The fourth-order valence-electron chi connectivity index (χ4n) is 3.86. The minimum Gasteiger partial charge on any atom is -0.493 e. The van der Waals surface area contributed by atoms with E-state index in [0.717, 1.165) is 44.1 Å². The highest BCUT2D eigenvalue weighted by Gasteiger charge is 2.35. The largest absolute Gasteiger partial charge is 0.493 e. The van der Waals surface area contributed by atoms with Crippen LogP contribution in [0.3, 0.4) is 0 Å². The number of unbranched alkanes of at least 4 members (excludes halogenated alkanes) is 4. The Morgan fingerprint density at radius 2 is 1.50 bits per heavy atom. The van der Waals surface area contributed by atoms with E-state index < -0.39 is 16.8 Å². The Kier molecular flexibility index (Phi) is 13.4. The molecule has 0 aliphatic rings. The van der Waals surface area contributed by atoms with Crippen LogP contribution in [0.25, 0.3) is 0 Å². The van der Waals surface area contributed by atoms with Gasteiger partial charge in [0, 0.05) is 18.4 Å². The lowest BCUT2D eigenvalue weighted by Gasteiger charge is -2.30. The van der Waals surface area contributed by atoms with Crippen LogP contribution >= 0.6 is 0 Å². The van der Waals surface area contributed by atoms with Crippen LogP contribution in [0.4, 0.5) is 0 Å². The van der Waals surface area contributed by atoms with E-state index in [0.29, 0.717) is 24.3 Å². The highest BCUT2D eigenvalue weighted by Crippen LogP contribution is 2.36. The molecule has 0 radical (unpaired) electrons. The highest BCUT2D eigenvalue weighted by molar-refractivity contribution is 5.71. The summed E-state index contributed by atoms with van der Waals surface area (Å²) in [5.74, 6) is 7.29. The normalized spacial score (nSPS) is 13.4. The van der Waals surface area contributed by atoms with Crippen LogP contribution in [0.5, 0.6) is 11.5 Å². The Hall–Kier alpha value is -2.23. The number of carbonyl (C=O) groups is 1. The number of hydrogen-bond acceptors (Lipinski definition) is 6. The molecule has 0 fully saturated rings. The van der Waals surface area contributed by atoms with Crippen molar-refractivity contribution in [2.75, 3.05) is 14.2 Å². The predicted octanol–water partition coefficient (Wildman–Crippen LogP) is 7.52. The summed E-state index contributed by atoms with van der Waals surface area (Å²) in [5.41, 5.74) is -1.80. The molecule has 0 aliphatic carbocycles. The molecule has 204 valence electrons. The Bertz CT molecular complexity index is 864. The fourth-order valence-corrected chi connectivity index (χ4v) is 3.86. The Morgan fingerprint density at radius 1 is 0.833 bits per heavy atom. The number of methoxy groups -OCH3 is 2. The number of hydrogen-bond donors (Lipinski definition) is 0. The third kappa shape index (κ3) is 10.4. The molecular weight excluding hydrogens is 456 g/mol. The molecule has 0 aliphatic heterocycles. The number of esters is 1. The molecule has 0 heterocycles. The van der Waals surface area contributed by atoms with Crippen LogP contribution in [0.1, 0.15) is 112 Å². The molecule has 0 saturated heterocycles. The van der Waals surface area contributed by atoms with Crippen molar-refractivity contribution in [1.29, 1.82) is 0 Å². The van der Waals surface area contributed by atoms with E-state index >= 15 is 0 Å². The predicted molar refractivity (Wildman–Crippen MR) is 144 cm³/mol. The molecule has 1 rings (SSSR count). The minimum atomic E-state index is -1.17. The van der Waals surface area contributed by atoms with Crippen molar-refractivity contribution in [3.63, 3.8) is 0 Å². The van der Waals surface area contributed by atoms with Gasteiger partial charge in [0.2, 0.25) is 0 Å². The van der Waals surface area contributed by atoms with Crippen molar-refractivity contribution in [3.8, 4) is 23.3 Å². The van der Waals surface area contributed by atoms with Gasteiger partial charge in [-0.2, -0.15) is 0 Å². The van der Waals surface area contributed by atoms with E-state index in [1.807, 2.05) is 46.8 Å². The van der Waals surface area contributed by atoms with E-state index in [1.54, 1.807) is 20.3 Å². The van der Waals surface area contributed by atoms with Crippen LogP contribution in [-0.2, 0) is 24.9 Å². The molecular formula is C30H48O6. The number of rotatable bonds is 16. The zero-order chi connectivity index (χ0) is 27.2. The van der Waals surface area contributed by atoms with Crippen molar-refractivity contribution in [2.45, 2.75) is 123 Å². The van der Waals surface area contributed by atoms with E-state index in [1.165, 1.54) is 6.42 Å². The van der Waals surface area contributed by atoms with Crippen LogP contribution in [-0.4, -0.2) is 31.4 Å². The first-order valence-electron chi connectivity index (χ1n) is 13.3. The first kappa shape index (κ1) is 31.8. The second-order valence-electron chi connectivity index (χ2n) is 10.3. The van der Waals surface area contributed by atoms with E-state index in [2.05, 4.69) is 25.7 Å². The average Bonchev–Trinajstić information content (AvgIpc) is 2.85. The van der Waals surface area contributed by atoms with E-state index in [9.17, 15) is 4.79 Å². The van der Waals surface area contributed by atoms with E-state index in [4.69, 9.17) is 24.0 Å². The molecule has 0 bridgehead atoms. The van der Waals surface area contributed by atoms with Gasteiger partial charge in [-0.25, -0.2) is 9.78 Å². The van der Waals surface area contributed by atoms with Crippen molar-refractivity contribution >= 4 is 5.97 Å². The van der Waals surface area contributed by atoms with Crippen LogP contribution < -0.4 is 9.47 Å². The summed E-state index contributed by atoms with van der Waals surface area (Å²) in [6.07, 6.45) is 7.92. The zero-order valence-corrected chi connectivity index (χ0v) is 24.0. The molecule has 6 nitrogen and oxygen atoms in total. The number of benzene rings is 1. The summed E-state index contributed by atoms with van der Waals surface area (Å²) in [6, 6.07) is 5.49. The van der Waals surface area contributed by atoms with Gasteiger partial charge in [-0.15, -0.1) is 0 Å². The first-order valence-corrected chi connectivity index (χ1v) is 13.3. The second-order valence-corrected chi connectivity index (χ2v) is 10.3. The van der Waals surface area contributed by atoms with Crippen LogP contribution in [0, 0.1) is 11.8 Å². The van der Waals surface area contributed by atoms with E-state index in [-0.39, 0.29) is 5.97 Å². The molecule has 6 heteroatoms. The number of carbonyl (C=O) groups excluding carboxylic acids is 1. The van der Waals surface area contributed by atoms with Gasteiger partial charge in [0.1, 0.15) is 0 Å². The summed E-state index contributed by atoms with van der Waals surface area (Å²) in [4.78, 5) is 24.4. The van der Waals surface area contributed by atoms with Crippen LogP contribution in [0.15, 0.2) is 18.2 Å². The number of ether oxygens (including phenoxy) is 3. The molecule has 0 saturated carbocycles. The summed E-state index contributed by atoms with van der Waals surface area (Å²) in [6.45, 7) is 13.9. The van der Waals surface area contributed by atoms with Gasteiger partial charge in [0.05, 0.1) is 19.8 Å². The lowest BCUT2D eigenvalue weighted by Crippen LogP contribution is -2.34.